The number of hydrogen-bond donors (Lipinski definition) is 0. The molecule has 2 aromatic rings. The van der Waals surface area contributed by atoms with Crippen LogP contribution in [0.1, 0.15) is 21.5 Å². The summed E-state index contributed by atoms with van der Waals surface area (Å²) in [6, 6.07) is 9.72. The summed E-state index contributed by atoms with van der Waals surface area (Å²) in [7, 11) is 1.28. The van der Waals surface area contributed by atoms with E-state index in [0.29, 0.717) is 6.42 Å². The molecule has 0 saturated carbocycles. The zero-order valence-corrected chi connectivity index (χ0v) is 15.3. The van der Waals surface area contributed by atoms with E-state index in [-0.39, 0.29) is 17.3 Å². The Morgan fingerprint density at radius 2 is 1.93 bits per heavy atom. The number of amides is 1. The number of nitrogens with zero attached hydrogens (tertiary/aromatic N) is 2. The predicted molar refractivity (Wildman–Crippen MR) is 96.0 cm³/mol. The summed E-state index contributed by atoms with van der Waals surface area (Å²) in [4.78, 5) is 42.0. The lowest BCUT2D eigenvalue weighted by molar-refractivity contribution is -0.155. The van der Waals surface area contributed by atoms with Gasteiger partial charge in [0.05, 0.1) is 12.7 Å². The normalized spacial score (nSPS) is 15.6. The Kier molecular flexibility index (Phi) is 5.71. The monoisotopic (exact) mass is 388 g/mol. The third kappa shape index (κ3) is 4.25. The Bertz CT molecular complexity index is 869. The maximum atomic E-state index is 12.6. The highest BCUT2D eigenvalue weighted by atomic mass is 35.5. The van der Waals surface area contributed by atoms with Crippen LogP contribution in [-0.2, 0) is 32.0 Å². The van der Waals surface area contributed by atoms with Gasteiger partial charge in [-0.25, -0.2) is 14.6 Å². The molecular formula is C19H17ClN2O5. The van der Waals surface area contributed by atoms with Gasteiger partial charge in [0, 0.05) is 19.2 Å². The Labute approximate surface area is 160 Å². The van der Waals surface area contributed by atoms with E-state index in [2.05, 4.69) is 4.98 Å². The van der Waals surface area contributed by atoms with Gasteiger partial charge in [-0.05, 0) is 23.3 Å². The number of esters is 2. The lowest BCUT2D eigenvalue weighted by Gasteiger charge is -2.35. The molecule has 3 rings (SSSR count). The minimum Gasteiger partial charge on any atom is -0.467 e. The van der Waals surface area contributed by atoms with Crippen LogP contribution in [0.5, 0.6) is 0 Å². The quantitative estimate of drug-likeness (QED) is 0.588. The number of carbonyl (C=O) groups excluding carboxylic acids is 3. The van der Waals surface area contributed by atoms with Gasteiger partial charge < -0.3 is 14.4 Å². The van der Waals surface area contributed by atoms with Gasteiger partial charge in [-0.3, -0.25) is 4.79 Å². The van der Waals surface area contributed by atoms with Crippen LogP contribution in [0.4, 0.5) is 0 Å². The van der Waals surface area contributed by atoms with Gasteiger partial charge in [0.15, 0.2) is 6.61 Å². The minimum atomic E-state index is -0.756. The SMILES string of the molecule is COC(=O)[C@@H]1Cc2ccccc2CN1C(=O)COC(=O)c1ccc(Cl)nc1. The number of rotatable bonds is 4. The molecule has 140 valence electrons. The van der Waals surface area contributed by atoms with E-state index in [0.717, 1.165) is 11.1 Å². The number of ether oxygens (including phenoxy) is 2. The molecular weight excluding hydrogens is 372 g/mol. The van der Waals surface area contributed by atoms with Crippen molar-refractivity contribution in [2.24, 2.45) is 0 Å². The summed E-state index contributed by atoms with van der Waals surface area (Å²) in [6.45, 7) is -0.244. The van der Waals surface area contributed by atoms with E-state index in [1.165, 1.54) is 30.3 Å². The van der Waals surface area contributed by atoms with Crippen LogP contribution in [0.25, 0.3) is 0 Å². The van der Waals surface area contributed by atoms with Gasteiger partial charge in [0.2, 0.25) is 0 Å². The number of benzene rings is 1. The molecule has 1 aliphatic rings. The summed E-state index contributed by atoms with van der Waals surface area (Å²) < 4.78 is 9.90. The van der Waals surface area contributed by atoms with Crippen molar-refractivity contribution in [2.75, 3.05) is 13.7 Å². The molecule has 1 aliphatic heterocycles. The highest BCUT2D eigenvalue weighted by molar-refractivity contribution is 6.29. The van der Waals surface area contributed by atoms with Gasteiger partial charge in [-0.15, -0.1) is 0 Å². The van der Waals surface area contributed by atoms with E-state index in [9.17, 15) is 14.4 Å². The lowest BCUT2D eigenvalue weighted by Crippen LogP contribution is -2.50. The first kappa shape index (κ1) is 18.8. The highest BCUT2D eigenvalue weighted by Crippen LogP contribution is 2.24. The summed E-state index contributed by atoms with van der Waals surface area (Å²) in [6.07, 6.45) is 1.62. The average Bonchev–Trinajstić information content (AvgIpc) is 2.70. The number of methoxy groups -OCH3 is 1. The van der Waals surface area contributed by atoms with Gasteiger partial charge in [0.25, 0.3) is 5.91 Å². The standard InChI is InChI=1S/C19H17ClN2O5/c1-26-19(25)15-8-12-4-2-3-5-14(12)10-22(15)17(23)11-27-18(24)13-6-7-16(20)21-9-13/h2-7,9,15H,8,10-11H2,1H3/t15-/m0/s1. The molecule has 0 saturated heterocycles. The molecule has 8 heteroatoms. The van der Waals surface area contributed by atoms with Crippen molar-refractivity contribution in [3.05, 3.63) is 64.4 Å². The minimum absolute atomic E-state index is 0.181. The number of carbonyl (C=O) groups is 3. The molecule has 0 aliphatic carbocycles. The van der Waals surface area contributed by atoms with Crippen LogP contribution in [0.2, 0.25) is 5.15 Å². The first-order valence-electron chi connectivity index (χ1n) is 8.22. The van der Waals surface area contributed by atoms with Crippen LogP contribution < -0.4 is 0 Å². The Morgan fingerprint density at radius 1 is 1.19 bits per heavy atom. The van der Waals surface area contributed by atoms with Gasteiger partial charge >= 0.3 is 11.9 Å². The first-order valence-corrected chi connectivity index (χ1v) is 8.60. The highest BCUT2D eigenvalue weighted by Gasteiger charge is 2.35. The van der Waals surface area contributed by atoms with Crippen LogP contribution in [0, 0.1) is 0 Å². The van der Waals surface area contributed by atoms with E-state index in [1.54, 1.807) is 0 Å². The first-order chi connectivity index (χ1) is 13.0. The van der Waals surface area contributed by atoms with E-state index in [4.69, 9.17) is 21.1 Å². The third-order valence-electron chi connectivity index (χ3n) is 4.33. The van der Waals surface area contributed by atoms with Gasteiger partial charge in [0.1, 0.15) is 11.2 Å². The molecule has 1 aromatic carbocycles. The van der Waals surface area contributed by atoms with Crippen LogP contribution in [0.15, 0.2) is 42.6 Å². The summed E-state index contributed by atoms with van der Waals surface area (Å²) in [5, 5.41) is 0.246. The summed E-state index contributed by atoms with van der Waals surface area (Å²) in [5.74, 6) is -1.68. The largest absolute Gasteiger partial charge is 0.467 e. The van der Waals surface area contributed by atoms with Crippen molar-refractivity contribution in [3.8, 4) is 0 Å². The molecule has 0 unspecified atom stereocenters. The van der Waals surface area contributed by atoms with E-state index in [1.807, 2.05) is 24.3 Å². The van der Waals surface area contributed by atoms with Crippen molar-refractivity contribution in [2.45, 2.75) is 19.0 Å². The molecule has 1 aromatic heterocycles. The molecule has 27 heavy (non-hydrogen) atoms. The molecule has 1 amide bonds. The maximum Gasteiger partial charge on any atom is 0.340 e. The maximum absolute atomic E-state index is 12.6. The van der Waals surface area contributed by atoms with E-state index < -0.39 is 30.5 Å². The smallest absolute Gasteiger partial charge is 0.340 e. The number of hydrogen-bond acceptors (Lipinski definition) is 6. The van der Waals surface area contributed by atoms with Crippen molar-refractivity contribution < 1.29 is 23.9 Å². The van der Waals surface area contributed by atoms with Gasteiger partial charge in [-0.1, -0.05) is 35.9 Å². The molecule has 0 spiro atoms. The molecule has 0 bridgehead atoms. The second kappa shape index (κ2) is 8.18. The number of fused-ring (bicyclic) bond motifs is 1. The fourth-order valence-electron chi connectivity index (χ4n) is 2.92. The van der Waals surface area contributed by atoms with Crippen LogP contribution in [0.3, 0.4) is 0 Å². The third-order valence-corrected chi connectivity index (χ3v) is 4.56. The molecule has 7 nitrogen and oxygen atoms in total. The second-order valence-electron chi connectivity index (χ2n) is 5.98. The molecule has 1 atom stereocenters. The Hall–Kier alpha value is -2.93. The zero-order chi connectivity index (χ0) is 19.4. The van der Waals surface area contributed by atoms with Crippen LogP contribution >= 0.6 is 11.6 Å². The van der Waals surface area contributed by atoms with Gasteiger partial charge in [-0.2, -0.15) is 0 Å². The fraction of sp³-hybridized carbons (Fsp3) is 0.263. The molecule has 0 radical (unpaired) electrons. The lowest BCUT2D eigenvalue weighted by atomic mass is 9.94. The average molecular weight is 389 g/mol. The summed E-state index contributed by atoms with van der Waals surface area (Å²) in [5.41, 5.74) is 2.11. The number of halogens is 1. The summed E-state index contributed by atoms with van der Waals surface area (Å²) >= 11 is 5.68. The molecule has 0 N–H and O–H groups in total. The molecule has 2 heterocycles. The predicted octanol–water partition coefficient (Wildman–Crippen LogP) is 2.02. The zero-order valence-electron chi connectivity index (χ0n) is 14.6. The Balaban J connectivity index is 1.70. The van der Waals surface area contributed by atoms with Crippen molar-refractivity contribution in [1.82, 2.24) is 9.88 Å². The fourth-order valence-corrected chi connectivity index (χ4v) is 3.03. The van der Waals surface area contributed by atoms with Crippen molar-refractivity contribution in [1.29, 1.82) is 0 Å². The number of aromatic nitrogens is 1. The Morgan fingerprint density at radius 3 is 2.59 bits per heavy atom. The van der Waals surface area contributed by atoms with Crippen LogP contribution in [-0.4, -0.2) is 47.5 Å². The topological polar surface area (TPSA) is 85.8 Å². The van der Waals surface area contributed by atoms with Crippen molar-refractivity contribution >= 4 is 29.4 Å². The van der Waals surface area contributed by atoms with E-state index >= 15 is 0 Å². The molecule has 0 fully saturated rings. The number of pyridine rings is 1. The van der Waals surface area contributed by atoms with Crippen molar-refractivity contribution in [3.63, 3.8) is 0 Å². The second-order valence-corrected chi connectivity index (χ2v) is 6.37.